The van der Waals surface area contributed by atoms with E-state index in [1.54, 1.807) is 18.9 Å². The van der Waals surface area contributed by atoms with Crippen molar-refractivity contribution in [1.29, 1.82) is 0 Å². The van der Waals surface area contributed by atoms with Gasteiger partial charge in [-0.15, -0.1) is 0 Å². The Kier molecular flexibility index (Phi) is 5.06. The van der Waals surface area contributed by atoms with Crippen molar-refractivity contribution in [3.8, 4) is 0 Å². The lowest BCUT2D eigenvalue weighted by atomic mass is 10.3. The molecule has 5 nitrogen and oxygen atoms in total. The van der Waals surface area contributed by atoms with Crippen LogP contribution in [0.15, 0.2) is 0 Å². The molecule has 0 aliphatic rings. The number of amides is 2. The molecule has 0 bridgehead atoms. The fourth-order valence-electron chi connectivity index (χ4n) is 0.652. The van der Waals surface area contributed by atoms with Gasteiger partial charge in [0.2, 0.25) is 11.8 Å². The molecule has 3 N–H and O–H groups in total. The molecule has 0 saturated carbocycles. The van der Waals surface area contributed by atoms with Crippen LogP contribution in [0.4, 0.5) is 0 Å². The van der Waals surface area contributed by atoms with Crippen LogP contribution in [0, 0.1) is 0 Å². The number of primary amides is 1. The van der Waals surface area contributed by atoms with Crippen LogP contribution in [0.5, 0.6) is 0 Å². The molecule has 5 heteroatoms. The molecule has 0 aromatic heterocycles. The van der Waals surface area contributed by atoms with Crippen LogP contribution < -0.4 is 11.1 Å². The summed E-state index contributed by atoms with van der Waals surface area (Å²) >= 11 is 0. The topological polar surface area (TPSA) is 75.4 Å². The zero-order valence-electron chi connectivity index (χ0n) is 8.33. The standard InChI is InChI=1S/C8H17N3O2/c1-4-11(3)7(12)5-10-6(2)8(9)13/h6,10H,4-5H2,1-3H3,(H2,9,13). The molecule has 0 spiro atoms. The summed E-state index contributed by atoms with van der Waals surface area (Å²) in [5.74, 6) is -0.498. The Hall–Kier alpha value is -1.10. The zero-order valence-corrected chi connectivity index (χ0v) is 8.33. The van der Waals surface area contributed by atoms with E-state index < -0.39 is 11.9 Å². The van der Waals surface area contributed by atoms with Crippen LogP contribution in [0.3, 0.4) is 0 Å². The summed E-state index contributed by atoms with van der Waals surface area (Å²) in [5.41, 5.74) is 5.00. The third-order valence-corrected chi connectivity index (χ3v) is 1.89. The van der Waals surface area contributed by atoms with Gasteiger partial charge in [-0.25, -0.2) is 0 Å². The van der Waals surface area contributed by atoms with Crippen molar-refractivity contribution in [3.05, 3.63) is 0 Å². The van der Waals surface area contributed by atoms with Crippen molar-refractivity contribution in [2.45, 2.75) is 19.9 Å². The lowest BCUT2D eigenvalue weighted by Crippen LogP contribution is -2.44. The first-order valence-electron chi connectivity index (χ1n) is 4.25. The van der Waals surface area contributed by atoms with Crippen LogP contribution in [-0.2, 0) is 9.59 Å². The summed E-state index contributed by atoms with van der Waals surface area (Å²) in [6, 6.07) is -0.464. The molecule has 13 heavy (non-hydrogen) atoms. The molecule has 1 atom stereocenters. The summed E-state index contributed by atoms with van der Waals surface area (Å²) in [4.78, 5) is 23.4. The third kappa shape index (κ3) is 4.47. The van der Waals surface area contributed by atoms with Gasteiger partial charge in [0.25, 0.3) is 0 Å². The van der Waals surface area contributed by atoms with Crippen molar-refractivity contribution in [2.75, 3.05) is 20.1 Å². The zero-order chi connectivity index (χ0) is 10.4. The van der Waals surface area contributed by atoms with Gasteiger partial charge in [0.05, 0.1) is 12.6 Å². The molecule has 0 aromatic rings. The van der Waals surface area contributed by atoms with E-state index in [0.29, 0.717) is 6.54 Å². The van der Waals surface area contributed by atoms with Crippen molar-refractivity contribution >= 4 is 11.8 Å². The van der Waals surface area contributed by atoms with Crippen molar-refractivity contribution in [3.63, 3.8) is 0 Å². The fourth-order valence-corrected chi connectivity index (χ4v) is 0.652. The molecule has 0 radical (unpaired) electrons. The molecule has 0 saturated heterocycles. The Morgan fingerprint density at radius 2 is 2.08 bits per heavy atom. The van der Waals surface area contributed by atoms with Crippen molar-refractivity contribution < 1.29 is 9.59 Å². The quantitative estimate of drug-likeness (QED) is 0.575. The van der Waals surface area contributed by atoms with Gasteiger partial charge in [0, 0.05) is 13.6 Å². The number of rotatable bonds is 5. The van der Waals surface area contributed by atoms with Crippen LogP contribution in [0.2, 0.25) is 0 Å². The van der Waals surface area contributed by atoms with Crippen LogP contribution >= 0.6 is 0 Å². The lowest BCUT2D eigenvalue weighted by Gasteiger charge is -2.16. The highest BCUT2D eigenvalue weighted by molar-refractivity contribution is 5.82. The molecule has 2 amide bonds. The Morgan fingerprint density at radius 1 is 1.54 bits per heavy atom. The minimum atomic E-state index is -0.464. The van der Waals surface area contributed by atoms with E-state index >= 15 is 0 Å². The molecule has 0 aliphatic carbocycles. The van der Waals surface area contributed by atoms with E-state index in [4.69, 9.17) is 5.73 Å². The van der Waals surface area contributed by atoms with Crippen LogP contribution in [-0.4, -0.2) is 42.9 Å². The summed E-state index contributed by atoms with van der Waals surface area (Å²) in [5, 5.41) is 2.73. The number of nitrogens with two attached hydrogens (primary N) is 1. The highest BCUT2D eigenvalue weighted by atomic mass is 16.2. The first-order chi connectivity index (χ1) is 5.99. The number of hydrogen-bond acceptors (Lipinski definition) is 3. The Balaban J connectivity index is 3.76. The summed E-state index contributed by atoms with van der Waals surface area (Å²) in [7, 11) is 1.71. The number of nitrogens with zero attached hydrogens (tertiary/aromatic N) is 1. The molecule has 0 rings (SSSR count). The van der Waals surface area contributed by atoms with Crippen molar-refractivity contribution in [1.82, 2.24) is 10.2 Å². The van der Waals surface area contributed by atoms with E-state index in [9.17, 15) is 9.59 Å². The Bertz CT molecular complexity index is 194. The number of hydrogen-bond donors (Lipinski definition) is 2. The monoisotopic (exact) mass is 187 g/mol. The van der Waals surface area contributed by atoms with E-state index in [1.807, 2.05) is 6.92 Å². The average molecular weight is 187 g/mol. The smallest absolute Gasteiger partial charge is 0.236 e. The predicted molar refractivity (Wildman–Crippen MR) is 50.0 cm³/mol. The van der Waals surface area contributed by atoms with E-state index in [-0.39, 0.29) is 12.5 Å². The second-order valence-electron chi connectivity index (χ2n) is 2.91. The van der Waals surface area contributed by atoms with Gasteiger partial charge < -0.3 is 10.6 Å². The average Bonchev–Trinajstić information content (AvgIpc) is 2.11. The van der Waals surface area contributed by atoms with Crippen LogP contribution in [0.1, 0.15) is 13.8 Å². The van der Waals surface area contributed by atoms with Gasteiger partial charge in [-0.2, -0.15) is 0 Å². The molecular weight excluding hydrogens is 170 g/mol. The third-order valence-electron chi connectivity index (χ3n) is 1.89. The fraction of sp³-hybridized carbons (Fsp3) is 0.750. The first-order valence-corrected chi connectivity index (χ1v) is 4.25. The molecule has 0 heterocycles. The molecular formula is C8H17N3O2. The largest absolute Gasteiger partial charge is 0.368 e. The number of likely N-dealkylation sites (N-methyl/N-ethyl adjacent to an activating group) is 1. The maximum atomic E-state index is 11.2. The molecule has 0 fully saturated rings. The lowest BCUT2D eigenvalue weighted by molar-refractivity contribution is -0.129. The predicted octanol–water partition coefficient (Wildman–Crippen LogP) is -1.07. The molecule has 76 valence electrons. The maximum Gasteiger partial charge on any atom is 0.236 e. The van der Waals surface area contributed by atoms with E-state index in [1.165, 1.54) is 0 Å². The van der Waals surface area contributed by atoms with Crippen molar-refractivity contribution in [2.24, 2.45) is 5.73 Å². The minimum absolute atomic E-state index is 0.0457. The van der Waals surface area contributed by atoms with Gasteiger partial charge in [-0.3, -0.25) is 14.9 Å². The van der Waals surface area contributed by atoms with Crippen LogP contribution in [0.25, 0.3) is 0 Å². The van der Waals surface area contributed by atoms with Gasteiger partial charge in [0.15, 0.2) is 0 Å². The molecule has 1 unspecified atom stereocenters. The Morgan fingerprint density at radius 3 is 2.46 bits per heavy atom. The summed E-state index contributed by atoms with van der Waals surface area (Å²) in [6.45, 7) is 4.32. The van der Waals surface area contributed by atoms with Gasteiger partial charge >= 0.3 is 0 Å². The van der Waals surface area contributed by atoms with E-state index in [0.717, 1.165) is 0 Å². The van der Waals surface area contributed by atoms with Gasteiger partial charge in [-0.05, 0) is 13.8 Å². The summed E-state index contributed by atoms with van der Waals surface area (Å²) < 4.78 is 0. The maximum absolute atomic E-state index is 11.2. The highest BCUT2D eigenvalue weighted by Gasteiger charge is 2.11. The second kappa shape index (κ2) is 5.53. The highest BCUT2D eigenvalue weighted by Crippen LogP contribution is 1.84. The minimum Gasteiger partial charge on any atom is -0.368 e. The normalized spacial score (nSPS) is 12.2. The van der Waals surface area contributed by atoms with Gasteiger partial charge in [0.1, 0.15) is 0 Å². The first kappa shape index (κ1) is 11.9. The molecule has 0 aliphatic heterocycles. The second-order valence-corrected chi connectivity index (χ2v) is 2.91. The Labute approximate surface area is 78.3 Å². The number of nitrogens with one attached hydrogen (secondary N) is 1. The molecule has 0 aromatic carbocycles. The van der Waals surface area contributed by atoms with Gasteiger partial charge in [-0.1, -0.05) is 0 Å². The number of carbonyl (C=O) groups excluding carboxylic acids is 2. The number of carbonyl (C=O) groups is 2. The summed E-state index contributed by atoms with van der Waals surface area (Å²) in [6.07, 6.45) is 0. The van der Waals surface area contributed by atoms with E-state index in [2.05, 4.69) is 5.32 Å². The SMILES string of the molecule is CCN(C)C(=O)CNC(C)C(N)=O.